The fourth-order valence-electron chi connectivity index (χ4n) is 7.72. The van der Waals surface area contributed by atoms with Gasteiger partial charge in [0.1, 0.15) is 18.2 Å². The molecule has 1 aromatic carbocycles. The number of fused-ring (bicyclic) bond motifs is 1. The van der Waals surface area contributed by atoms with Gasteiger partial charge in [0, 0.05) is 45.1 Å². The number of benzene rings is 1. The van der Waals surface area contributed by atoms with Crippen molar-refractivity contribution in [3.05, 3.63) is 35.9 Å². The summed E-state index contributed by atoms with van der Waals surface area (Å²) in [4.78, 5) is 65.5. The Morgan fingerprint density at radius 2 is 1.29 bits per heavy atom. The summed E-state index contributed by atoms with van der Waals surface area (Å²) >= 11 is 0. The first-order valence-corrected chi connectivity index (χ1v) is 17.3. The highest BCUT2D eigenvalue weighted by molar-refractivity contribution is 5.86. The molecule has 0 aromatic heterocycles. The fraction of sp³-hybridized carbons (Fsp3) is 0.686. The molecule has 5 fully saturated rings. The van der Waals surface area contributed by atoms with Crippen LogP contribution in [0.25, 0.3) is 0 Å². The molecule has 3 saturated carbocycles. The molecule has 0 radical (unpaired) electrons. The summed E-state index contributed by atoms with van der Waals surface area (Å²) in [5.41, 5.74) is 0.378. The van der Waals surface area contributed by atoms with Gasteiger partial charge in [0.25, 0.3) is 0 Å². The van der Waals surface area contributed by atoms with E-state index < -0.39 is 90.1 Å². The van der Waals surface area contributed by atoms with Crippen LogP contribution in [0.15, 0.2) is 30.3 Å². The second-order valence-corrected chi connectivity index (χ2v) is 13.4. The molecule has 49 heavy (non-hydrogen) atoms. The quantitative estimate of drug-likeness (QED) is 0.297. The predicted molar refractivity (Wildman–Crippen MR) is 166 cm³/mol. The molecule has 2 saturated heterocycles. The molecular formula is C35H45NO13. The predicted octanol–water partition coefficient (Wildman–Crippen LogP) is 3.08. The van der Waals surface area contributed by atoms with Crippen LogP contribution < -0.4 is 5.32 Å². The van der Waals surface area contributed by atoms with Gasteiger partial charge in [0.2, 0.25) is 12.0 Å². The highest BCUT2D eigenvalue weighted by atomic mass is 16.8. The van der Waals surface area contributed by atoms with E-state index in [1.165, 1.54) is 13.8 Å². The van der Waals surface area contributed by atoms with Crippen LogP contribution in [0.1, 0.15) is 96.6 Å². The van der Waals surface area contributed by atoms with E-state index in [0.29, 0.717) is 31.2 Å². The van der Waals surface area contributed by atoms with Gasteiger partial charge in [-0.3, -0.25) is 9.59 Å². The SMILES string of the molecule is CCOC(=O)[C@@H]1OC2(CCCCC2)O[C@H]1C(=O)O[C@@H]1[C@H](NC(C)=O)[C@H](OC(=O)[C@@H](OC(C)=O)c2ccccc2)[C@@H]2OC3(CCCCC3)O[C@@H]21. The number of ether oxygens (including phenoxy) is 8. The maximum Gasteiger partial charge on any atom is 0.352 e. The third-order valence-electron chi connectivity index (χ3n) is 9.80. The van der Waals surface area contributed by atoms with Crippen LogP contribution in [0.5, 0.6) is 0 Å². The second-order valence-electron chi connectivity index (χ2n) is 13.4. The molecule has 6 rings (SSSR count). The number of amides is 1. The molecule has 0 unspecified atom stereocenters. The monoisotopic (exact) mass is 687 g/mol. The molecule has 1 amide bonds. The van der Waals surface area contributed by atoms with Crippen LogP contribution in [-0.4, -0.2) is 90.6 Å². The zero-order valence-corrected chi connectivity index (χ0v) is 28.1. The van der Waals surface area contributed by atoms with Gasteiger partial charge in [-0.05, 0) is 32.6 Å². The summed E-state index contributed by atoms with van der Waals surface area (Å²) < 4.78 is 48.2. The van der Waals surface area contributed by atoms with Crippen LogP contribution >= 0.6 is 0 Å². The largest absolute Gasteiger partial charge is 0.464 e. The molecule has 14 nitrogen and oxygen atoms in total. The Hall–Kier alpha value is -3.59. The van der Waals surface area contributed by atoms with Gasteiger partial charge < -0.3 is 43.2 Å². The van der Waals surface area contributed by atoms with E-state index in [-0.39, 0.29) is 6.61 Å². The lowest BCUT2D eigenvalue weighted by Crippen LogP contribution is -2.54. The summed E-state index contributed by atoms with van der Waals surface area (Å²) in [6.45, 7) is 4.18. The standard InChI is InChI=1S/C35H45NO13/c1-4-42-31(39)29-30(49-35(48-29)18-12-7-13-19-35)33(41)45-26-23(36-20(2)37)25(27-28(26)47-34(46-27)16-10-6-11-17-34)44-32(40)24(43-21(3)38)22-14-8-5-9-15-22/h5,8-9,14-15,23-30H,4,6-7,10-13,16-19H2,1-3H3,(H,36,37)/t23-,24+,25+,26-,27+,28-,29-,30-/m1/s1. The molecule has 268 valence electrons. The van der Waals surface area contributed by atoms with Crippen molar-refractivity contribution in [2.24, 2.45) is 0 Å². The van der Waals surface area contributed by atoms with Gasteiger partial charge in [0.15, 0.2) is 36.0 Å². The van der Waals surface area contributed by atoms with E-state index in [9.17, 15) is 24.0 Å². The lowest BCUT2D eigenvalue weighted by Gasteiger charge is -2.36. The van der Waals surface area contributed by atoms with Crippen molar-refractivity contribution in [2.75, 3.05) is 6.61 Å². The molecule has 2 aliphatic heterocycles. The lowest BCUT2D eigenvalue weighted by atomic mass is 9.94. The van der Waals surface area contributed by atoms with Gasteiger partial charge in [-0.2, -0.15) is 0 Å². The Morgan fingerprint density at radius 3 is 1.82 bits per heavy atom. The van der Waals surface area contributed by atoms with Crippen molar-refractivity contribution in [2.45, 2.75) is 145 Å². The number of hydrogen-bond acceptors (Lipinski definition) is 13. The Bertz CT molecular complexity index is 1390. The second kappa shape index (κ2) is 14.7. The minimum Gasteiger partial charge on any atom is -0.464 e. The first kappa shape index (κ1) is 35.2. The van der Waals surface area contributed by atoms with Gasteiger partial charge in [-0.1, -0.05) is 43.2 Å². The van der Waals surface area contributed by atoms with Crippen molar-refractivity contribution in [1.82, 2.24) is 5.32 Å². The first-order chi connectivity index (χ1) is 23.5. The molecule has 8 atom stereocenters. The van der Waals surface area contributed by atoms with Crippen molar-refractivity contribution >= 4 is 29.8 Å². The smallest absolute Gasteiger partial charge is 0.352 e. The van der Waals surface area contributed by atoms with Crippen LogP contribution in [0.3, 0.4) is 0 Å². The zero-order chi connectivity index (χ0) is 34.8. The van der Waals surface area contributed by atoms with Crippen molar-refractivity contribution in [1.29, 1.82) is 0 Å². The summed E-state index contributed by atoms with van der Waals surface area (Å²) in [6.07, 6.45) is -1.23. The van der Waals surface area contributed by atoms with E-state index in [1.54, 1.807) is 37.3 Å². The third kappa shape index (κ3) is 7.47. The van der Waals surface area contributed by atoms with Crippen LogP contribution in [-0.2, 0) is 61.9 Å². The Balaban J connectivity index is 1.31. The van der Waals surface area contributed by atoms with Gasteiger partial charge >= 0.3 is 23.9 Å². The number of esters is 4. The van der Waals surface area contributed by atoms with E-state index >= 15 is 0 Å². The topological polar surface area (TPSA) is 171 Å². The summed E-state index contributed by atoms with van der Waals surface area (Å²) in [5.74, 6) is -5.91. The van der Waals surface area contributed by atoms with E-state index in [1.807, 2.05) is 0 Å². The van der Waals surface area contributed by atoms with Gasteiger partial charge in [0.05, 0.1) is 6.61 Å². The molecule has 0 bridgehead atoms. The number of carbonyl (C=O) groups excluding carboxylic acids is 5. The van der Waals surface area contributed by atoms with Crippen LogP contribution in [0, 0.1) is 0 Å². The summed E-state index contributed by atoms with van der Waals surface area (Å²) in [5, 5.41) is 2.77. The number of carbonyl (C=O) groups is 5. The Labute approximate surface area is 284 Å². The average Bonchev–Trinajstić information content (AvgIpc) is 3.70. The van der Waals surface area contributed by atoms with Crippen LogP contribution in [0.2, 0.25) is 0 Å². The van der Waals surface area contributed by atoms with Gasteiger partial charge in [-0.15, -0.1) is 0 Å². The van der Waals surface area contributed by atoms with Gasteiger partial charge in [-0.25, -0.2) is 14.4 Å². The number of hydrogen-bond donors (Lipinski definition) is 1. The molecule has 5 aliphatic rings. The number of nitrogens with one attached hydrogen (secondary N) is 1. The van der Waals surface area contributed by atoms with E-state index in [2.05, 4.69) is 5.32 Å². The van der Waals surface area contributed by atoms with E-state index in [0.717, 1.165) is 38.5 Å². The maximum absolute atomic E-state index is 14.1. The highest BCUT2D eigenvalue weighted by Crippen LogP contribution is 2.48. The molecule has 2 spiro atoms. The summed E-state index contributed by atoms with van der Waals surface area (Å²) in [6, 6.07) is 7.24. The molecule has 14 heteroatoms. The minimum absolute atomic E-state index is 0.0715. The first-order valence-electron chi connectivity index (χ1n) is 17.3. The van der Waals surface area contributed by atoms with E-state index in [4.69, 9.17) is 37.9 Å². The van der Waals surface area contributed by atoms with Crippen molar-refractivity contribution in [3.63, 3.8) is 0 Å². The Kier molecular flexibility index (Phi) is 10.6. The van der Waals surface area contributed by atoms with Crippen molar-refractivity contribution in [3.8, 4) is 0 Å². The zero-order valence-electron chi connectivity index (χ0n) is 28.1. The van der Waals surface area contributed by atoms with Crippen molar-refractivity contribution < 1.29 is 61.9 Å². The molecule has 1 aromatic rings. The number of rotatable bonds is 9. The molecule has 2 heterocycles. The van der Waals surface area contributed by atoms with Crippen LogP contribution in [0.4, 0.5) is 0 Å². The molecule has 3 aliphatic carbocycles. The minimum atomic E-state index is -1.45. The molecule has 1 N–H and O–H groups in total. The normalized spacial score (nSPS) is 31.8. The average molecular weight is 688 g/mol. The maximum atomic E-state index is 14.1. The third-order valence-corrected chi connectivity index (χ3v) is 9.80. The molecular weight excluding hydrogens is 642 g/mol. The Morgan fingerprint density at radius 1 is 0.755 bits per heavy atom. The highest BCUT2D eigenvalue weighted by Gasteiger charge is 2.66. The summed E-state index contributed by atoms with van der Waals surface area (Å²) in [7, 11) is 0. The fourth-order valence-corrected chi connectivity index (χ4v) is 7.72. The lowest BCUT2D eigenvalue weighted by molar-refractivity contribution is -0.225.